The zero-order valence-corrected chi connectivity index (χ0v) is 21.6. The molecule has 0 fully saturated rings. The van der Waals surface area contributed by atoms with Crippen LogP contribution in [0.5, 0.6) is 0 Å². The van der Waals surface area contributed by atoms with Crippen molar-refractivity contribution < 1.29 is 4.39 Å². The Kier molecular flexibility index (Phi) is 9.35. The van der Waals surface area contributed by atoms with Crippen molar-refractivity contribution in [2.24, 2.45) is 0 Å². The van der Waals surface area contributed by atoms with E-state index >= 15 is 4.39 Å². The minimum atomic E-state index is -0.290. The van der Waals surface area contributed by atoms with Crippen LogP contribution in [0.4, 0.5) is 4.39 Å². The van der Waals surface area contributed by atoms with Crippen LogP contribution in [0.25, 0.3) is 10.8 Å². The fourth-order valence-electron chi connectivity index (χ4n) is 4.28. The highest BCUT2D eigenvalue weighted by molar-refractivity contribution is 5.86. The van der Waals surface area contributed by atoms with Gasteiger partial charge in [-0.15, -0.1) is 6.58 Å². The number of halogens is 1. The molecule has 0 saturated heterocycles. The van der Waals surface area contributed by atoms with Crippen LogP contribution >= 0.6 is 0 Å². The summed E-state index contributed by atoms with van der Waals surface area (Å²) < 4.78 is 15.2. The standard InChI is InChI=1S/C36H33F/c1-3-5-7-8-10-29-13-15-30(16-14-29)19-20-32-22-26-35-34(27-32)25-24-33(36(35)37)23-21-31-17-11-28(12-18-31)9-6-4-2/h4,11-18,22,24-27H,2-3,5-10H2,1H3. The highest BCUT2D eigenvalue weighted by atomic mass is 19.1. The van der Waals surface area contributed by atoms with Gasteiger partial charge in [0.1, 0.15) is 5.82 Å². The lowest BCUT2D eigenvalue weighted by atomic mass is 10.0. The number of aryl methyl sites for hydroxylation is 2. The van der Waals surface area contributed by atoms with Gasteiger partial charge >= 0.3 is 0 Å². The van der Waals surface area contributed by atoms with Gasteiger partial charge in [0.05, 0.1) is 5.56 Å². The van der Waals surface area contributed by atoms with Crippen molar-refractivity contribution in [3.05, 3.63) is 131 Å². The van der Waals surface area contributed by atoms with Gasteiger partial charge in [-0.1, -0.05) is 92.3 Å². The maximum atomic E-state index is 15.2. The summed E-state index contributed by atoms with van der Waals surface area (Å²) in [5.41, 5.74) is 5.74. The number of hydrogen-bond acceptors (Lipinski definition) is 0. The summed E-state index contributed by atoms with van der Waals surface area (Å²) in [6.45, 7) is 6.00. The molecule has 4 aromatic rings. The van der Waals surface area contributed by atoms with E-state index in [1.165, 1.54) is 36.8 Å². The maximum Gasteiger partial charge on any atom is 0.146 e. The molecule has 0 heterocycles. The number of hydrogen-bond donors (Lipinski definition) is 0. The molecule has 0 aliphatic heterocycles. The summed E-state index contributed by atoms with van der Waals surface area (Å²) in [7, 11) is 0. The highest BCUT2D eigenvalue weighted by Gasteiger charge is 2.06. The van der Waals surface area contributed by atoms with Crippen LogP contribution in [-0.2, 0) is 12.8 Å². The van der Waals surface area contributed by atoms with Gasteiger partial charge in [0, 0.05) is 22.1 Å². The summed E-state index contributed by atoms with van der Waals surface area (Å²) in [6, 6.07) is 25.9. The Morgan fingerprint density at radius 1 is 0.676 bits per heavy atom. The Balaban J connectivity index is 1.45. The lowest BCUT2D eigenvalue weighted by Gasteiger charge is -2.03. The molecular formula is C36H33F. The van der Waals surface area contributed by atoms with Gasteiger partial charge in [-0.25, -0.2) is 4.39 Å². The smallest absolute Gasteiger partial charge is 0.146 e. The molecule has 1 heteroatoms. The first-order chi connectivity index (χ1) is 18.2. The minimum Gasteiger partial charge on any atom is -0.205 e. The third-order valence-corrected chi connectivity index (χ3v) is 6.51. The van der Waals surface area contributed by atoms with Crippen LogP contribution in [0.2, 0.25) is 0 Å². The molecule has 0 aromatic heterocycles. The first-order valence-electron chi connectivity index (χ1n) is 13.2. The lowest BCUT2D eigenvalue weighted by Crippen LogP contribution is -1.88. The molecule has 4 rings (SSSR count). The largest absolute Gasteiger partial charge is 0.205 e. The van der Waals surface area contributed by atoms with E-state index in [0.717, 1.165) is 41.3 Å². The minimum absolute atomic E-state index is 0.290. The average molecular weight is 485 g/mol. The molecule has 37 heavy (non-hydrogen) atoms. The van der Waals surface area contributed by atoms with Gasteiger partial charge in [0.2, 0.25) is 0 Å². The Bertz CT molecular complexity index is 1470. The average Bonchev–Trinajstić information content (AvgIpc) is 2.94. The van der Waals surface area contributed by atoms with Crippen molar-refractivity contribution in [2.75, 3.05) is 0 Å². The molecular weight excluding hydrogens is 451 g/mol. The van der Waals surface area contributed by atoms with Crippen LogP contribution in [0.15, 0.2) is 91.5 Å². The molecule has 0 amide bonds. The van der Waals surface area contributed by atoms with Gasteiger partial charge in [-0.2, -0.15) is 0 Å². The Hall–Kier alpha value is -4.07. The Morgan fingerprint density at radius 3 is 1.97 bits per heavy atom. The molecule has 4 aromatic carbocycles. The number of allylic oxidation sites excluding steroid dienone is 1. The van der Waals surface area contributed by atoms with Crippen LogP contribution in [0.1, 0.15) is 72.4 Å². The van der Waals surface area contributed by atoms with Crippen molar-refractivity contribution in [1.29, 1.82) is 0 Å². The monoisotopic (exact) mass is 484 g/mol. The zero-order valence-electron chi connectivity index (χ0n) is 21.6. The first kappa shape index (κ1) is 26.0. The van der Waals surface area contributed by atoms with Crippen molar-refractivity contribution in [1.82, 2.24) is 0 Å². The van der Waals surface area contributed by atoms with Crippen molar-refractivity contribution >= 4 is 10.8 Å². The zero-order chi connectivity index (χ0) is 25.9. The highest BCUT2D eigenvalue weighted by Crippen LogP contribution is 2.22. The van der Waals surface area contributed by atoms with Gasteiger partial charge in [-0.3, -0.25) is 0 Å². The molecule has 0 radical (unpaired) electrons. The molecule has 0 saturated carbocycles. The third-order valence-electron chi connectivity index (χ3n) is 6.51. The summed E-state index contributed by atoms with van der Waals surface area (Å²) in [5, 5.41) is 1.38. The van der Waals surface area contributed by atoms with E-state index in [2.05, 4.69) is 73.6 Å². The number of rotatable bonds is 8. The number of fused-ring (bicyclic) bond motifs is 1. The second-order valence-electron chi connectivity index (χ2n) is 9.39. The molecule has 0 nitrogen and oxygen atoms in total. The molecule has 0 N–H and O–H groups in total. The summed E-state index contributed by atoms with van der Waals surface area (Å²) in [6.07, 6.45) is 10.1. The Labute approximate surface area is 221 Å². The van der Waals surface area contributed by atoms with E-state index < -0.39 is 0 Å². The SMILES string of the molecule is C=CCCc1ccc(C#Cc2ccc3cc(C#Cc4ccc(CCCCCC)cc4)ccc3c2F)cc1. The van der Waals surface area contributed by atoms with Crippen LogP contribution in [0, 0.1) is 29.5 Å². The van der Waals surface area contributed by atoms with E-state index in [1.807, 2.05) is 36.4 Å². The van der Waals surface area contributed by atoms with Gasteiger partial charge in [0.25, 0.3) is 0 Å². The maximum absolute atomic E-state index is 15.2. The van der Waals surface area contributed by atoms with Crippen molar-refractivity contribution in [2.45, 2.75) is 51.9 Å². The van der Waals surface area contributed by atoms with E-state index in [-0.39, 0.29) is 5.82 Å². The number of benzene rings is 4. The normalized spacial score (nSPS) is 10.3. The van der Waals surface area contributed by atoms with Crippen LogP contribution in [0.3, 0.4) is 0 Å². The predicted molar refractivity (Wildman–Crippen MR) is 155 cm³/mol. The summed E-state index contributed by atoms with van der Waals surface area (Å²) in [4.78, 5) is 0. The second-order valence-corrected chi connectivity index (χ2v) is 9.39. The molecule has 0 unspecified atom stereocenters. The van der Waals surface area contributed by atoms with Crippen molar-refractivity contribution in [3.63, 3.8) is 0 Å². The molecule has 0 spiro atoms. The lowest BCUT2D eigenvalue weighted by molar-refractivity contribution is 0.636. The van der Waals surface area contributed by atoms with Gasteiger partial charge in [-0.05, 0) is 84.7 Å². The first-order valence-corrected chi connectivity index (χ1v) is 13.2. The van der Waals surface area contributed by atoms with Crippen LogP contribution < -0.4 is 0 Å². The number of unbranched alkanes of at least 4 members (excludes halogenated alkanes) is 3. The molecule has 0 aliphatic carbocycles. The molecule has 0 aliphatic rings. The fraction of sp³-hybridized carbons (Fsp3) is 0.222. The van der Waals surface area contributed by atoms with E-state index in [4.69, 9.17) is 0 Å². The Morgan fingerprint density at radius 2 is 1.30 bits per heavy atom. The topological polar surface area (TPSA) is 0 Å². The summed E-state index contributed by atoms with van der Waals surface area (Å²) in [5.74, 6) is 12.3. The predicted octanol–water partition coefficient (Wildman–Crippen LogP) is 9.02. The quantitative estimate of drug-likeness (QED) is 0.133. The second kappa shape index (κ2) is 13.3. The summed E-state index contributed by atoms with van der Waals surface area (Å²) >= 11 is 0. The van der Waals surface area contributed by atoms with Gasteiger partial charge < -0.3 is 0 Å². The molecule has 0 atom stereocenters. The van der Waals surface area contributed by atoms with Gasteiger partial charge in [0.15, 0.2) is 0 Å². The van der Waals surface area contributed by atoms with E-state index in [0.29, 0.717) is 10.9 Å². The third kappa shape index (κ3) is 7.46. The van der Waals surface area contributed by atoms with E-state index in [1.54, 1.807) is 12.1 Å². The van der Waals surface area contributed by atoms with Crippen LogP contribution in [-0.4, -0.2) is 0 Å². The molecule has 184 valence electrons. The van der Waals surface area contributed by atoms with Crippen molar-refractivity contribution in [3.8, 4) is 23.7 Å². The van der Waals surface area contributed by atoms with E-state index in [9.17, 15) is 0 Å². The molecule has 0 bridgehead atoms. The fourth-order valence-corrected chi connectivity index (χ4v) is 4.28.